The van der Waals surface area contributed by atoms with Crippen LogP contribution in [0.1, 0.15) is 37.3 Å². The number of carbonyl (C=O) groups excluding carboxylic acids is 1. The predicted octanol–water partition coefficient (Wildman–Crippen LogP) is 5.54. The number of hydrogen-bond donors (Lipinski definition) is 2. The van der Waals surface area contributed by atoms with Crippen LogP contribution in [0.25, 0.3) is 0 Å². The number of nitrogens with one attached hydrogen (secondary N) is 1. The van der Waals surface area contributed by atoms with Gasteiger partial charge in [0.2, 0.25) is 0 Å². The van der Waals surface area contributed by atoms with E-state index in [4.69, 9.17) is 27.9 Å². The number of halogens is 2. The molecule has 0 saturated heterocycles. The molecule has 0 radical (unpaired) electrons. The number of phenolic OH excluding ortho intramolecular Hbond substituents is 1. The molecular weight excluding hydrogens is 361 g/mol. The van der Waals surface area contributed by atoms with Crippen LogP contribution >= 0.6 is 23.2 Å². The van der Waals surface area contributed by atoms with Gasteiger partial charge in [-0.05, 0) is 54.7 Å². The quantitative estimate of drug-likeness (QED) is 0.645. The number of amides is 1. The fourth-order valence-electron chi connectivity index (χ4n) is 2.39. The molecule has 0 saturated carbocycles. The monoisotopic (exact) mass is 381 g/mol. The van der Waals surface area contributed by atoms with E-state index in [0.29, 0.717) is 27.4 Å². The third-order valence-electron chi connectivity index (χ3n) is 4.02. The highest BCUT2D eigenvalue weighted by molar-refractivity contribution is 6.35. The fraction of sp³-hybridized carbons (Fsp3) is 0.316. The number of phenols is 1. The SMILES string of the molecule is CCC(C)c1ccc(O)c(NC(=O)COc2c(C)cc(Cl)cc2Cl)c1. The van der Waals surface area contributed by atoms with E-state index < -0.39 is 0 Å². The molecule has 4 nitrogen and oxygen atoms in total. The van der Waals surface area contributed by atoms with E-state index in [-0.39, 0.29) is 18.3 Å². The van der Waals surface area contributed by atoms with Crippen molar-refractivity contribution in [1.29, 1.82) is 0 Å². The van der Waals surface area contributed by atoms with Gasteiger partial charge in [-0.2, -0.15) is 0 Å². The minimum Gasteiger partial charge on any atom is -0.506 e. The molecule has 134 valence electrons. The molecule has 2 aromatic carbocycles. The second kappa shape index (κ2) is 8.45. The van der Waals surface area contributed by atoms with Gasteiger partial charge in [0.25, 0.3) is 5.91 Å². The Morgan fingerprint density at radius 3 is 2.64 bits per heavy atom. The summed E-state index contributed by atoms with van der Waals surface area (Å²) >= 11 is 12.0. The summed E-state index contributed by atoms with van der Waals surface area (Å²) in [5, 5.41) is 13.5. The zero-order valence-electron chi connectivity index (χ0n) is 14.4. The van der Waals surface area contributed by atoms with Crippen molar-refractivity contribution in [3.05, 3.63) is 51.5 Å². The normalized spacial score (nSPS) is 11.9. The van der Waals surface area contributed by atoms with E-state index in [1.54, 1.807) is 31.2 Å². The Labute approximate surface area is 157 Å². The van der Waals surface area contributed by atoms with Gasteiger partial charge in [0.15, 0.2) is 6.61 Å². The number of ether oxygens (including phenoxy) is 1. The third kappa shape index (κ3) is 5.03. The number of hydrogen-bond acceptors (Lipinski definition) is 3. The van der Waals surface area contributed by atoms with Crippen LogP contribution in [0.2, 0.25) is 10.0 Å². The molecule has 0 aliphatic heterocycles. The summed E-state index contributed by atoms with van der Waals surface area (Å²) in [5.74, 6) is 0.380. The summed E-state index contributed by atoms with van der Waals surface area (Å²) in [5.41, 5.74) is 2.16. The highest BCUT2D eigenvalue weighted by Crippen LogP contribution is 2.32. The highest BCUT2D eigenvalue weighted by atomic mass is 35.5. The van der Waals surface area contributed by atoms with Crippen molar-refractivity contribution >= 4 is 34.8 Å². The maximum atomic E-state index is 12.2. The Kier molecular flexibility index (Phi) is 6.57. The van der Waals surface area contributed by atoms with Gasteiger partial charge in [-0.1, -0.05) is 43.1 Å². The molecule has 0 spiro atoms. The number of anilines is 1. The lowest BCUT2D eigenvalue weighted by molar-refractivity contribution is -0.118. The van der Waals surface area contributed by atoms with Crippen molar-refractivity contribution in [3.8, 4) is 11.5 Å². The zero-order valence-corrected chi connectivity index (χ0v) is 15.9. The molecular formula is C19H21Cl2NO3. The molecule has 0 aromatic heterocycles. The predicted molar refractivity (Wildman–Crippen MR) is 102 cm³/mol. The lowest BCUT2D eigenvalue weighted by Gasteiger charge is -2.14. The van der Waals surface area contributed by atoms with Gasteiger partial charge in [0.1, 0.15) is 11.5 Å². The summed E-state index contributed by atoms with van der Waals surface area (Å²) in [6.45, 7) is 5.75. The molecule has 6 heteroatoms. The van der Waals surface area contributed by atoms with Gasteiger partial charge in [0, 0.05) is 5.02 Å². The molecule has 25 heavy (non-hydrogen) atoms. The Morgan fingerprint density at radius 2 is 2.00 bits per heavy atom. The number of aryl methyl sites for hydroxylation is 1. The van der Waals surface area contributed by atoms with Crippen LogP contribution in [0, 0.1) is 6.92 Å². The third-order valence-corrected chi connectivity index (χ3v) is 4.52. The maximum absolute atomic E-state index is 12.2. The largest absolute Gasteiger partial charge is 0.506 e. The Morgan fingerprint density at radius 1 is 1.28 bits per heavy atom. The molecule has 1 amide bonds. The highest BCUT2D eigenvalue weighted by Gasteiger charge is 2.13. The maximum Gasteiger partial charge on any atom is 0.262 e. The standard InChI is InChI=1S/C19H21Cl2NO3/c1-4-11(2)13-5-6-17(23)16(8-13)22-18(24)10-25-19-12(3)7-14(20)9-15(19)21/h5-9,11,23H,4,10H2,1-3H3,(H,22,24). The fourth-order valence-corrected chi connectivity index (χ4v) is 3.04. The second-order valence-electron chi connectivity index (χ2n) is 5.96. The van der Waals surface area contributed by atoms with Crippen molar-refractivity contribution in [3.63, 3.8) is 0 Å². The van der Waals surface area contributed by atoms with Crippen LogP contribution in [-0.4, -0.2) is 17.6 Å². The first-order chi connectivity index (χ1) is 11.8. The van der Waals surface area contributed by atoms with E-state index in [9.17, 15) is 9.90 Å². The molecule has 0 aliphatic rings. The van der Waals surface area contributed by atoms with Crippen LogP contribution in [0.15, 0.2) is 30.3 Å². The molecule has 1 unspecified atom stereocenters. The van der Waals surface area contributed by atoms with Crippen molar-refractivity contribution in [1.82, 2.24) is 0 Å². The number of rotatable bonds is 6. The first kappa shape index (κ1) is 19.4. The van der Waals surface area contributed by atoms with Crippen molar-refractivity contribution in [2.75, 3.05) is 11.9 Å². The first-order valence-corrected chi connectivity index (χ1v) is 8.78. The smallest absolute Gasteiger partial charge is 0.262 e. The van der Waals surface area contributed by atoms with Crippen LogP contribution in [0.5, 0.6) is 11.5 Å². The molecule has 2 aromatic rings. The van der Waals surface area contributed by atoms with E-state index in [0.717, 1.165) is 17.5 Å². The van der Waals surface area contributed by atoms with Crippen LogP contribution < -0.4 is 10.1 Å². The minimum atomic E-state index is -0.387. The molecule has 2 rings (SSSR count). The zero-order chi connectivity index (χ0) is 18.6. The topological polar surface area (TPSA) is 58.6 Å². The van der Waals surface area contributed by atoms with Crippen molar-refractivity contribution < 1.29 is 14.6 Å². The van der Waals surface area contributed by atoms with Gasteiger partial charge in [-0.3, -0.25) is 4.79 Å². The van der Waals surface area contributed by atoms with Crippen LogP contribution in [0.3, 0.4) is 0 Å². The number of benzene rings is 2. The first-order valence-electron chi connectivity index (χ1n) is 8.03. The van der Waals surface area contributed by atoms with Crippen molar-refractivity contribution in [2.45, 2.75) is 33.1 Å². The summed E-state index contributed by atoms with van der Waals surface area (Å²) in [4.78, 5) is 12.2. The second-order valence-corrected chi connectivity index (χ2v) is 6.80. The molecule has 0 fully saturated rings. The van der Waals surface area contributed by atoms with Crippen LogP contribution in [-0.2, 0) is 4.79 Å². The van der Waals surface area contributed by atoms with E-state index in [2.05, 4.69) is 19.2 Å². The van der Waals surface area contributed by atoms with E-state index in [1.165, 1.54) is 0 Å². The van der Waals surface area contributed by atoms with Crippen LogP contribution in [0.4, 0.5) is 5.69 Å². The van der Waals surface area contributed by atoms with Gasteiger partial charge >= 0.3 is 0 Å². The molecule has 1 atom stereocenters. The molecule has 0 heterocycles. The Bertz CT molecular complexity index is 754. The summed E-state index contributed by atoms with van der Waals surface area (Å²) in [7, 11) is 0. The Hall–Kier alpha value is -1.91. The summed E-state index contributed by atoms with van der Waals surface area (Å²) in [6.07, 6.45) is 0.968. The van der Waals surface area contributed by atoms with Gasteiger partial charge < -0.3 is 15.2 Å². The van der Waals surface area contributed by atoms with E-state index >= 15 is 0 Å². The number of carbonyl (C=O) groups is 1. The summed E-state index contributed by atoms with van der Waals surface area (Å²) < 4.78 is 5.51. The van der Waals surface area contributed by atoms with Gasteiger partial charge in [0.05, 0.1) is 10.7 Å². The average Bonchev–Trinajstić information content (AvgIpc) is 2.55. The lowest BCUT2D eigenvalue weighted by Crippen LogP contribution is -2.20. The average molecular weight is 382 g/mol. The van der Waals surface area contributed by atoms with Crippen molar-refractivity contribution in [2.24, 2.45) is 0 Å². The molecule has 0 bridgehead atoms. The summed E-state index contributed by atoms with van der Waals surface area (Å²) in [6, 6.07) is 8.49. The lowest BCUT2D eigenvalue weighted by atomic mass is 9.98. The Balaban J connectivity index is 2.06. The molecule has 0 aliphatic carbocycles. The molecule has 2 N–H and O–H groups in total. The van der Waals surface area contributed by atoms with Gasteiger partial charge in [-0.15, -0.1) is 0 Å². The minimum absolute atomic E-state index is 0.0149. The van der Waals surface area contributed by atoms with Gasteiger partial charge in [-0.25, -0.2) is 0 Å². The van der Waals surface area contributed by atoms with E-state index in [1.807, 2.05) is 6.07 Å². The number of aromatic hydroxyl groups is 1.